The van der Waals surface area contributed by atoms with Crippen LogP contribution in [0.3, 0.4) is 0 Å². The lowest BCUT2D eigenvalue weighted by Crippen LogP contribution is -2.44. The first-order valence-corrected chi connectivity index (χ1v) is 15.8. The first kappa shape index (κ1) is 31.4. The van der Waals surface area contributed by atoms with Crippen LogP contribution >= 0.6 is 11.3 Å². The van der Waals surface area contributed by atoms with Crippen molar-refractivity contribution in [1.29, 1.82) is 0 Å². The summed E-state index contributed by atoms with van der Waals surface area (Å²) in [5, 5.41) is 12.1. The van der Waals surface area contributed by atoms with E-state index in [1.165, 1.54) is 19.6 Å². The molecular formula is C29H36N4O7S2. The van der Waals surface area contributed by atoms with Gasteiger partial charge in [-0.25, -0.2) is 9.71 Å². The Morgan fingerprint density at radius 3 is 2.43 bits per heavy atom. The maximum absolute atomic E-state index is 13.8. The molecule has 11 nitrogen and oxygen atoms in total. The summed E-state index contributed by atoms with van der Waals surface area (Å²) in [6.45, 7) is 3.92. The maximum Gasteiger partial charge on any atom is 0.304 e. The van der Waals surface area contributed by atoms with Gasteiger partial charge in [0.15, 0.2) is 0 Å². The van der Waals surface area contributed by atoms with Crippen LogP contribution in [-0.2, 0) is 23.2 Å². The average Bonchev–Trinajstić information content (AvgIpc) is 3.59. The van der Waals surface area contributed by atoms with Crippen LogP contribution in [-0.4, -0.2) is 79.0 Å². The number of hydrogen-bond donors (Lipinski definition) is 2. The minimum Gasteiger partial charge on any atom is -0.496 e. The molecule has 0 radical (unpaired) electrons. The lowest BCUT2D eigenvalue weighted by molar-refractivity contribution is 0.0738. The van der Waals surface area contributed by atoms with Crippen molar-refractivity contribution >= 4 is 33.4 Å². The number of β-amino-alcohol motifs (C(OH)–C–C–N with tert-alkyl or cyclic N) is 1. The van der Waals surface area contributed by atoms with Gasteiger partial charge in [-0.05, 0) is 50.8 Å². The fourth-order valence-electron chi connectivity index (χ4n) is 4.76. The zero-order valence-electron chi connectivity index (χ0n) is 24.1. The van der Waals surface area contributed by atoms with Gasteiger partial charge in [0.25, 0.3) is 11.8 Å². The van der Waals surface area contributed by atoms with Crippen molar-refractivity contribution in [1.82, 2.24) is 18.9 Å². The van der Waals surface area contributed by atoms with E-state index in [0.29, 0.717) is 35.0 Å². The standard InChI is InChI=1S/C29H36N4O7S2/c1-20-24(39-3)15-22(16-25(20)40-4)28(35)32(13-8-11-21-9-6-5-7-10-21)17-26-30-23(18-41-26)27(34)31-42(37,38)33-14-12-29(2,36)19-33/h5-7,9-10,15-16,18,36H,8,11-14,17,19H2,1-4H3,(H,31,34). The Morgan fingerprint density at radius 2 is 1.83 bits per heavy atom. The van der Waals surface area contributed by atoms with Gasteiger partial charge in [0.2, 0.25) is 0 Å². The molecule has 2 heterocycles. The minimum atomic E-state index is -4.15. The number of aliphatic hydroxyl groups is 1. The molecule has 1 saturated heterocycles. The van der Waals surface area contributed by atoms with E-state index in [1.807, 2.05) is 42.0 Å². The Kier molecular flexibility index (Phi) is 9.87. The molecule has 226 valence electrons. The van der Waals surface area contributed by atoms with Crippen LogP contribution in [0, 0.1) is 6.92 Å². The highest BCUT2D eigenvalue weighted by molar-refractivity contribution is 7.87. The molecule has 0 aliphatic carbocycles. The zero-order valence-corrected chi connectivity index (χ0v) is 25.8. The van der Waals surface area contributed by atoms with E-state index >= 15 is 0 Å². The number of aromatic nitrogens is 1. The summed E-state index contributed by atoms with van der Waals surface area (Å²) in [6, 6.07) is 13.3. The molecule has 3 aromatic rings. The van der Waals surface area contributed by atoms with Crippen molar-refractivity contribution in [2.45, 2.75) is 45.3 Å². The van der Waals surface area contributed by atoms with Crippen LogP contribution in [0.1, 0.15) is 56.7 Å². The quantitative estimate of drug-likeness (QED) is 0.317. The molecule has 2 amide bonds. The second-order valence-corrected chi connectivity index (χ2v) is 13.1. The first-order chi connectivity index (χ1) is 19.9. The number of nitrogens with one attached hydrogen (secondary N) is 1. The van der Waals surface area contributed by atoms with Crippen LogP contribution in [0.25, 0.3) is 0 Å². The molecular weight excluding hydrogens is 580 g/mol. The fourth-order valence-corrected chi connectivity index (χ4v) is 6.79. The third kappa shape index (κ3) is 7.65. The number of thiazole rings is 1. The van der Waals surface area contributed by atoms with E-state index in [2.05, 4.69) is 4.98 Å². The molecule has 42 heavy (non-hydrogen) atoms. The lowest BCUT2D eigenvalue weighted by atomic mass is 10.1. The molecule has 2 N–H and O–H groups in total. The Morgan fingerprint density at radius 1 is 1.17 bits per heavy atom. The van der Waals surface area contributed by atoms with Crippen LogP contribution in [0.5, 0.6) is 11.5 Å². The van der Waals surface area contributed by atoms with E-state index in [9.17, 15) is 23.1 Å². The molecule has 1 aliphatic heterocycles. The number of ether oxygens (including phenoxy) is 2. The highest BCUT2D eigenvalue weighted by Gasteiger charge is 2.38. The van der Waals surface area contributed by atoms with Gasteiger partial charge in [0.05, 0.1) is 26.4 Å². The average molecular weight is 617 g/mol. The van der Waals surface area contributed by atoms with Crippen LogP contribution in [0.15, 0.2) is 47.8 Å². The summed E-state index contributed by atoms with van der Waals surface area (Å²) in [5.74, 6) is -0.0877. The largest absolute Gasteiger partial charge is 0.496 e. The van der Waals surface area contributed by atoms with E-state index in [1.54, 1.807) is 24.0 Å². The number of methoxy groups -OCH3 is 2. The van der Waals surface area contributed by atoms with Crippen LogP contribution < -0.4 is 14.2 Å². The molecule has 1 aromatic heterocycles. The SMILES string of the molecule is COc1cc(C(=O)N(CCCc2ccccc2)Cc2nc(C(=O)NS(=O)(=O)N3CCC(C)(O)C3)cs2)cc(OC)c1C. The van der Waals surface area contributed by atoms with E-state index in [0.717, 1.165) is 33.2 Å². The van der Waals surface area contributed by atoms with Crippen molar-refractivity contribution < 1.29 is 32.6 Å². The van der Waals surface area contributed by atoms with Crippen molar-refractivity contribution in [2.24, 2.45) is 0 Å². The summed E-state index contributed by atoms with van der Waals surface area (Å²) < 4.78 is 39.4. The highest BCUT2D eigenvalue weighted by Crippen LogP contribution is 2.30. The number of rotatable bonds is 12. The monoisotopic (exact) mass is 616 g/mol. The number of nitrogens with zero attached hydrogens (tertiary/aromatic N) is 3. The Hall–Kier alpha value is -3.52. The summed E-state index contributed by atoms with van der Waals surface area (Å²) in [4.78, 5) is 32.6. The maximum atomic E-state index is 13.8. The smallest absolute Gasteiger partial charge is 0.304 e. The van der Waals surface area contributed by atoms with Gasteiger partial charge in [-0.3, -0.25) is 9.59 Å². The van der Waals surface area contributed by atoms with Gasteiger partial charge >= 0.3 is 10.2 Å². The van der Waals surface area contributed by atoms with Gasteiger partial charge in [-0.2, -0.15) is 12.7 Å². The first-order valence-electron chi connectivity index (χ1n) is 13.5. The van der Waals surface area contributed by atoms with Crippen molar-refractivity contribution in [3.8, 4) is 11.5 Å². The van der Waals surface area contributed by atoms with E-state index < -0.39 is 21.7 Å². The normalized spacial score (nSPS) is 17.2. The molecule has 0 spiro atoms. The van der Waals surface area contributed by atoms with Gasteiger partial charge in [-0.1, -0.05) is 30.3 Å². The van der Waals surface area contributed by atoms with Crippen molar-refractivity contribution in [2.75, 3.05) is 33.9 Å². The second-order valence-electron chi connectivity index (χ2n) is 10.5. The molecule has 2 aromatic carbocycles. The zero-order chi connectivity index (χ0) is 30.5. The van der Waals surface area contributed by atoms with Crippen molar-refractivity contribution in [3.05, 3.63) is 75.2 Å². The second kappa shape index (κ2) is 13.2. The van der Waals surface area contributed by atoms with Crippen molar-refractivity contribution in [3.63, 3.8) is 0 Å². The molecule has 1 atom stereocenters. The topological polar surface area (TPSA) is 138 Å². The summed E-state index contributed by atoms with van der Waals surface area (Å²) >= 11 is 1.16. The minimum absolute atomic E-state index is 0.0695. The fraction of sp³-hybridized carbons (Fsp3) is 0.414. The number of aryl methyl sites for hydroxylation is 1. The summed E-state index contributed by atoms with van der Waals surface area (Å²) in [6.07, 6.45) is 1.72. The predicted octanol–water partition coefficient (Wildman–Crippen LogP) is 3.18. The van der Waals surface area contributed by atoms with E-state index in [4.69, 9.17) is 9.47 Å². The number of hydrogen-bond acceptors (Lipinski definition) is 9. The van der Waals surface area contributed by atoms with Gasteiger partial charge in [0.1, 0.15) is 22.2 Å². The summed E-state index contributed by atoms with van der Waals surface area (Å²) in [5.41, 5.74) is 1.09. The third-order valence-corrected chi connectivity index (χ3v) is 9.38. The molecule has 1 fully saturated rings. The number of carbonyl (C=O) groups excluding carboxylic acids is 2. The van der Waals surface area contributed by atoms with Gasteiger partial charge in [0, 0.05) is 36.1 Å². The summed E-state index contributed by atoms with van der Waals surface area (Å²) in [7, 11) is -1.09. The molecule has 0 bridgehead atoms. The molecule has 1 unspecified atom stereocenters. The number of carbonyl (C=O) groups is 2. The molecule has 1 aliphatic rings. The Labute approximate surface area is 250 Å². The highest BCUT2D eigenvalue weighted by atomic mass is 32.2. The van der Waals surface area contributed by atoms with Gasteiger partial charge < -0.3 is 19.5 Å². The van der Waals surface area contributed by atoms with Crippen LogP contribution in [0.2, 0.25) is 0 Å². The van der Waals surface area contributed by atoms with Crippen LogP contribution in [0.4, 0.5) is 0 Å². The van der Waals surface area contributed by atoms with E-state index in [-0.39, 0.29) is 37.7 Å². The predicted molar refractivity (Wildman–Crippen MR) is 159 cm³/mol. The number of benzene rings is 2. The lowest BCUT2D eigenvalue weighted by Gasteiger charge is -2.23. The molecule has 0 saturated carbocycles. The van der Waals surface area contributed by atoms with Gasteiger partial charge in [-0.15, -0.1) is 11.3 Å². The Balaban J connectivity index is 1.51. The molecule has 4 rings (SSSR count). The Bertz CT molecular complexity index is 1500. The third-order valence-electron chi connectivity index (χ3n) is 7.11. The number of amides is 2. The molecule has 13 heteroatoms.